The summed E-state index contributed by atoms with van der Waals surface area (Å²) in [6, 6.07) is 3.99. The van der Waals surface area contributed by atoms with Gasteiger partial charge in [0, 0.05) is 12.5 Å². The number of halogens is 3. The zero-order valence-corrected chi connectivity index (χ0v) is 11.4. The van der Waals surface area contributed by atoms with Crippen LogP contribution in [0.25, 0.3) is 0 Å². The van der Waals surface area contributed by atoms with Crippen LogP contribution < -0.4 is 16.4 Å². The number of nitrogens with one attached hydrogen (secondary N) is 2. The maximum Gasteiger partial charge on any atom is 0.418 e. The van der Waals surface area contributed by atoms with Crippen molar-refractivity contribution in [3.8, 4) is 0 Å². The van der Waals surface area contributed by atoms with Gasteiger partial charge in [0.15, 0.2) is 0 Å². The van der Waals surface area contributed by atoms with E-state index < -0.39 is 17.8 Å². The quantitative estimate of drug-likeness (QED) is 0.749. The number of carbonyl (C=O) groups is 1. The molecule has 0 saturated carbocycles. The molecule has 1 aromatic rings. The van der Waals surface area contributed by atoms with Crippen LogP contribution in [0.5, 0.6) is 0 Å². The van der Waals surface area contributed by atoms with Gasteiger partial charge >= 0.3 is 12.2 Å². The molecule has 1 atom stereocenters. The van der Waals surface area contributed by atoms with Crippen molar-refractivity contribution < 1.29 is 18.0 Å². The predicted octanol–water partition coefficient (Wildman–Crippen LogP) is 2.75. The van der Waals surface area contributed by atoms with E-state index in [1.165, 1.54) is 18.2 Å². The number of hydrogen-bond acceptors (Lipinski definition) is 2. The first-order valence-corrected chi connectivity index (χ1v) is 6.13. The summed E-state index contributed by atoms with van der Waals surface area (Å²) in [7, 11) is 0. The first-order valence-electron chi connectivity index (χ1n) is 5.72. The summed E-state index contributed by atoms with van der Waals surface area (Å²) in [4.78, 5) is 11.8. The lowest BCUT2D eigenvalue weighted by molar-refractivity contribution is -0.136. The molecule has 2 amide bonds. The third-order valence-corrected chi connectivity index (χ3v) is 2.94. The summed E-state index contributed by atoms with van der Waals surface area (Å²) in [5.74, 6) is -0.242. The van der Waals surface area contributed by atoms with Crippen LogP contribution in [0, 0.1) is 5.92 Å². The average Bonchev–Trinajstić information content (AvgIpc) is 2.35. The van der Waals surface area contributed by atoms with Crippen LogP contribution in [-0.2, 0) is 6.18 Å². The second-order valence-electron chi connectivity index (χ2n) is 4.18. The highest BCUT2D eigenvalue weighted by molar-refractivity contribution is 7.80. The number of alkyl halides is 3. The Morgan fingerprint density at radius 1 is 1.40 bits per heavy atom. The number of carbonyl (C=O) groups excluding carboxylic acids is 1. The van der Waals surface area contributed by atoms with Gasteiger partial charge in [-0.3, -0.25) is 0 Å². The molecule has 20 heavy (non-hydrogen) atoms. The fourth-order valence-electron chi connectivity index (χ4n) is 1.35. The van der Waals surface area contributed by atoms with Gasteiger partial charge < -0.3 is 16.4 Å². The Labute approximate surface area is 119 Å². The lowest BCUT2D eigenvalue weighted by Gasteiger charge is -2.15. The summed E-state index contributed by atoms with van der Waals surface area (Å²) in [6.45, 7) is 1.85. The molecule has 0 saturated heterocycles. The number of benzene rings is 1. The van der Waals surface area contributed by atoms with Gasteiger partial charge in [-0.25, -0.2) is 4.79 Å². The van der Waals surface area contributed by atoms with Crippen molar-refractivity contribution in [2.75, 3.05) is 11.9 Å². The first kappa shape index (κ1) is 16.2. The third-order valence-electron chi connectivity index (χ3n) is 2.54. The fraction of sp³-hybridized carbons (Fsp3) is 0.333. The topological polar surface area (TPSA) is 67.2 Å². The van der Waals surface area contributed by atoms with Gasteiger partial charge in [-0.15, -0.1) is 0 Å². The van der Waals surface area contributed by atoms with Gasteiger partial charge in [0.25, 0.3) is 0 Å². The number of nitrogens with two attached hydrogens (primary N) is 1. The number of para-hydroxylation sites is 1. The van der Waals surface area contributed by atoms with Gasteiger partial charge in [-0.05, 0) is 12.1 Å². The molecule has 0 radical (unpaired) electrons. The molecule has 8 heteroatoms. The Kier molecular flexibility index (Phi) is 5.32. The normalized spacial score (nSPS) is 12.6. The maximum atomic E-state index is 12.7. The number of thiocarbonyl (C=S) groups is 1. The molecule has 110 valence electrons. The number of hydrogen-bond donors (Lipinski definition) is 3. The van der Waals surface area contributed by atoms with Crippen molar-refractivity contribution in [3.63, 3.8) is 0 Å². The van der Waals surface area contributed by atoms with E-state index in [9.17, 15) is 18.0 Å². The van der Waals surface area contributed by atoms with Crippen molar-refractivity contribution in [1.82, 2.24) is 5.32 Å². The SMILES string of the molecule is CC(CNC(=O)Nc1ccccc1C(F)(F)F)C(N)=S. The minimum absolute atomic E-state index is 0.148. The Morgan fingerprint density at radius 2 is 2.00 bits per heavy atom. The lowest BCUT2D eigenvalue weighted by Crippen LogP contribution is -2.36. The van der Waals surface area contributed by atoms with E-state index in [0.29, 0.717) is 0 Å². The summed E-state index contributed by atoms with van der Waals surface area (Å²) in [5.41, 5.74) is 4.16. The molecule has 1 rings (SSSR count). The van der Waals surface area contributed by atoms with Crippen LogP contribution in [0.2, 0.25) is 0 Å². The lowest BCUT2D eigenvalue weighted by atomic mass is 10.1. The molecule has 1 aromatic carbocycles. The van der Waals surface area contributed by atoms with Crippen LogP contribution in [-0.4, -0.2) is 17.6 Å². The van der Waals surface area contributed by atoms with E-state index in [-0.39, 0.29) is 23.1 Å². The smallest absolute Gasteiger partial charge is 0.393 e. The molecule has 0 aliphatic carbocycles. The van der Waals surface area contributed by atoms with Gasteiger partial charge in [-0.1, -0.05) is 31.3 Å². The second kappa shape index (κ2) is 6.56. The van der Waals surface area contributed by atoms with E-state index in [0.717, 1.165) is 6.07 Å². The predicted molar refractivity (Wildman–Crippen MR) is 74.4 cm³/mol. The molecular weight excluding hydrogens is 291 g/mol. The number of urea groups is 1. The van der Waals surface area contributed by atoms with E-state index >= 15 is 0 Å². The molecule has 4 N–H and O–H groups in total. The van der Waals surface area contributed by atoms with Crippen molar-refractivity contribution >= 4 is 28.9 Å². The van der Waals surface area contributed by atoms with Crippen molar-refractivity contribution in [2.45, 2.75) is 13.1 Å². The zero-order valence-electron chi connectivity index (χ0n) is 10.6. The zero-order chi connectivity index (χ0) is 15.3. The Balaban J connectivity index is 2.70. The molecule has 0 heterocycles. The van der Waals surface area contributed by atoms with E-state index in [4.69, 9.17) is 18.0 Å². The molecule has 0 spiro atoms. The summed E-state index contributed by atoms with van der Waals surface area (Å²) < 4.78 is 38.1. The summed E-state index contributed by atoms with van der Waals surface area (Å²) in [6.07, 6.45) is -4.53. The standard InChI is InChI=1S/C12H14F3N3OS/c1-7(10(16)20)6-17-11(19)18-9-5-3-2-4-8(9)12(13,14)15/h2-5,7H,6H2,1H3,(H2,16,20)(H2,17,18,19). The minimum atomic E-state index is -4.53. The highest BCUT2D eigenvalue weighted by atomic mass is 32.1. The largest absolute Gasteiger partial charge is 0.418 e. The summed E-state index contributed by atoms with van der Waals surface area (Å²) >= 11 is 4.73. The maximum absolute atomic E-state index is 12.7. The highest BCUT2D eigenvalue weighted by Gasteiger charge is 2.33. The Morgan fingerprint density at radius 3 is 2.55 bits per heavy atom. The monoisotopic (exact) mass is 305 g/mol. The third kappa shape index (κ3) is 4.69. The van der Waals surface area contributed by atoms with Gasteiger partial charge in [0.1, 0.15) is 0 Å². The van der Waals surface area contributed by atoms with Crippen LogP contribution in [0.1, 0.15) is 12.5 Å². The minimum Gasteiger partial charge on any atom is -0.393 e. The fourth-order valence-corrected chi connectivity index (χ4v) is 1.44. The molecular formula is C12H14F3N3OS. The molecule has 0 aliphatic heterocycles. The molecule has 1 unspecified atom stereocenters. The van der Waals surface area contributed by atoms with E-state index in [1.807, 2.05) is 0 Å². The highest BCUT2D eigenvalue weighted by Crippen LogP contribution is 2.34. The van der Waals surface area contributed by atoms with Gasteiger partial charge in [0.05, 0.1) is 16.2 Å². The molecule has 4 nitrogen and oxygen atoms in total. The van der Waals surface area contributed by atoms with Crippen LogP contribution in [0.4, 0.5) is 23.7 Å². The van der Waals surface area contributed by atoms with Gasteiger partial charge in [-0.2, -0.15) is 13.2 Å². The van der Waals surface area contributed by atoms with Crippen molar-refractivity contribution in [1.29, 1.82) is 0 Å². The second-order valence-corrected chi connectivity index (χ2v) is 4.65. The van der Waals surface area contributed by atoms with Gasteiger partial charge in [0.2, 0.25) is 0 Å². The number of anilines is 1. The van der Waals surface area contributed by atoms with Crippen LogP contribution in [0.3, 0.4) is 0 Å². The van der Waals surface area contributed by atoms with Crippen LogP contribution in [0.15, 0.2) is 24.3 Å². The van der Waals surface area contributed by atoms with Crippen LogP contribution >= 0.6 is 12.2 Å². The molecule has 0 aromatic heterocycles. The Bertz CT molecular complexity index is 505. The molecule has 0 aliphatic rings. The van der Waals surface area contributed by atoms with Crippen molar-refractivity contribution in [3.05, 3.63) is 29.8 Å². The van der Waals surface area contributed by atoms with E-state index in [2.05, 4.69) is 10.6 Å². The number of amides is 2. The average molecular weight is 305 g/mol. The van der Waals surface area contributed by atoms with Crippen molar-refractivity contribution in [2.24, 2.45) is 11.7 Å². The molecule has 0 fully saturated rings. The number of rotatable bonds is 4. The Hall–Kier alpha value is -1.83. The molecule has 0 bridgehead atoms. The summed E-state index contributed by atoms with van der Waals surface area (Å²) in [5, 5.41) is 4.56. The first-order chi connectivity index (χ1) is 9.21. The van der Waals surface area contributed by atoms with E-state index in [1.54, 1.807) is 6.92 Å².